The van der Waals surface area contributed by atoms with Crippen molar-refractivity contribution < 1.29 is 0 Å². The molecule has 5 nitrogen and oxygen atoms in total. The highest BCUT2D eigenvalue weighted by Crippen LogP contribution is 2.08. The number of hydrogen-bond acceptors (Lipinski definition) is 6. The van der Waals surface area contributed by atoms with Crippen LogP contribution < -0.4 is 0 Å². The molecule has 0 saturated heterocycles. The van der Waals surface area contributed by atoms with Gasteiger partial charge in [-0.05, 0) is 35.8 Å². The normalized spacial score (nSPS) is 9.60. The van der Waals surface area contributed by atoms with Crippen LogP contribution in [0.25, 0.3) is 21.9 Å². The molecule has 0 saturated carbocycles. The van der Waals surface area contributed by atoms with Crippen molar-refractivity contribution >= 4 is 33.5 Å². The largest absolute Gasteiger partial charge is 0.256 e. The Morgan fingerprint density at radius 2 is 1.16 bits per heavy atom. The van der Waals surface area contributed by atoms with Gasteiger partial charge in [-0.15, -0.1) is 5.10 Å². The van der Waals surface area contributed by atoms with E-state index in [9.17, 15) is 0 Å². The fourth-order valence-corrected chi connectivity index (χ4v) is 2.33. The Labute approximate surface area is 149 Å². The third-order valence-corrected chi connectivity index (χ3v) is 3.60. The van der Waals surface area contributed by atoms with Crippen LogP contribution in [0.5, 0.6) is 0 Å². The first kappa shape index (κ1) is 16.6. The summed E-state index contributed by atoms with van der Waals surface area (Å²) in [6, 6.07) is 19.9. The smallest absolute Gasteiger partial charge is 0.0886 e. The molecule has 3 heterocycles. The van der Waals surface area contributed by atoms with Crippen LogP contribution in [0.1, 0.15) is 0 Å². The molecule has 6 heteroatoms. The van der Waals surface area contributed by atoms with Gasteiger partial charge in [0.2, 0.25) is 0 Å². The van der Waals surface area contributed by atoms with Crippen LogP contribution in [0, 0.1) is 0 Å². The Balaban J connectivity index is 0.000000116. The van der Waals surface area contributed by atoms with Gasteiger partial charge in [0.15, 0.2) is 0 Å². The average molecular weight is 345 g/mol. The van der Waals surface area contributed by atoms with E-state index in [0.717, 1.165) is 16.6 Å². The van der Waals surface area contributed by atoms with Crippen molar-refractivity contribution in [2.45, 2.75) is 0 Å². The molecule has 0 radical (unpaired) electrons. The van der Waals surface area contributed by atoms with E-state index in [-0.39, 0.29) is 0 Å². The lowest BCUT2D eigenvalue weighted by Crippen LogP contribution is -1.78. The lowest BCUT2D eigenvalue weighted by molar-refractivity contribution is 1.16. The fraction of sp³-hybridized carbons (Fsp3) is 0. The number of pyridine rings is 1. The van der Waals surface area contributed by atoms with Crippen LogP contribution in [-0.4, -0.2) is 24.5 Å². The van der Waals surface area contributed by atoms with Gasteiger partial charge >= 0.3 is 0 Å². The maximum atomic E-state index is 4.18. The van der Waals surface area contributed by atoms with Crippen molar-refractivity contribution in [1.29, 1.82) is 0 Å². The summed E-state index contributed by atoms with van der Waals surface area (Å²) in [5, 5.41) is 6.51. The van der Waals surface area contributed by atoms with Crippen LogP contribution in [-0.2, 0) is 0 Å². The molecule has 0 aliphatic carbocycles. The molecule has 0 fully saturated rings. The molecule has 122 valence electrons. The number of fused-ring (bicyclic) bond motifs is 2. The number of nitrogens with zero attached hydrogens (tertiary/aromatic N) is 5. The second-order valence-corrected chi connectivity index (χ2v) is 5.48. The van der Waals surface area contributed by atoms with Crippen molar-refractivity contribution in [3.05, 3.63) is 90.8 Å². The molecule has 0 aliphatic rings. The van der Waals surface area contributed by atoms with E-state index < -0.39 is 0 Å². The molecular formula is C19H15N5S. The number of aromatic nitrogens is 5. The van der Waals surface area contributed by atoms with E-state index >= 15 is 0 Å². The van der Waals surface area contributed by atoms with Gasteiger partial charge in [0, 0.05) is 29.4 Å². The Bertz CT molecular complexity index is 799. The van der Waals surface area contributed by atoms with Crippen LogP contribution in [0.3, 0.4) is 0 Å². The third kappa shape index (κ3) is 5.12. The Morgan fingerprint density at radius 1 is 0.560 bits per heavy atom. The highest BCUT2D eigenvalue weighted by atomic mass is 32.1. The molecule has 3 aromatic heterocycles. The molecular weight excluding hydrogens is 330 g/mol. The monoisotopic (exact) mass is 345 g/mol. The molecule has 0 spiro atoms. The minimum absolute atomic E-state index is 0.949. The number of hydrogen-bond donors (Lipinski definition) is 0. The molecule has 0 bridgehead atoms. The van der Waals surface area contributed by atoms with Gasteiger partial charge in [0.05, 0.1) is 22.7 Å². The van der Waals surface area contributed by atoms with Gasteiger partial charge in [0.25, 0.3) is 0 Å². The van der Waals surface area contributed by atoms with E-state index in [0.29, 0.717) is 0 Å². The molecule has 0 amide bonds. The second-order valence-electron chi connectivity index (χ2n) is 4.83. The summed E-state index contributed by atoms with van der Waals surface area (Å²) in [4.78, 5) is 12.4. The van der Waals surface area contributed by atoms with Crippen LogP contribution in [0.2, 0.25) is 0 Å². The molecule has 2 aromatic carbocycles. The molecule has 5 rings (SSSR count). The Morgan fingerprint density at radius 3 is 1.72 bits per heavy atom. The summed E-state index contributed by atoms with van der Waals surface area (Å²) in [7, 11) is 0. The van der Waals surface area contributed by atoms with Gasteiger partial charge in [0.1, 0.15) is 0 Å². The van der Waals surface area contributed by atoms with Crippen LogP contribution in [0.4, 0.5) is 0 Å². The first-order chi connectivity index (χ1) is 12.4. The molecule has 5 aromatic rings. The highest BCUT2D eigenvalue weighted by Gasteiger charge is 1.88. The summed E-state index contributed by atoms with van der Waals surface area (Å²) in [5.41, 5.74) is 2.96. The number of rotatable bonds is 0. The minimum atomic E-state index is 0.949. The average Bonchev–Trinajstić information content (AvgIpc) is 3.29. The van der Waals surface area contributed by atoms with E-state index in [1.807, 2.05) is 60.1 Å². The van der Waals surface area contributed by atoms with Crippen molar-refractivity contribution in [3.63, 3.8) is 0 Å². The predicted molar refractivity (Wildman–Crippen MR) is 101 cm³/mol. The molecule has 0 aliphatic heterocycles. The van der Waals surface area contributed by atoms with Crippen molar-refractivity contribution in [2.24, 2.45) is 0 Å². The molecule has 25 heavy (non-hydrogen) atoms. The van der Waals surface area contributed by atoms with E-state index in [4.69, 9.17) is 0 Å². The van der Waals surface area contributed by atoms with Crippen molar-refractivity contribution in [3.8, 4) is 0 Å². The molecule has 0 unspecified atom stereocenters. The molecule has 0 atom stereocenters. The van der Waals surface area contributed by atoms with Gasteiger partial charge in [-0.25, -0.2) is 0 Å². The zero-order valence-corrected chi connectivity index (χ0v) is 14.1. The molecule has 0 N–H and O–H groups in total. The zero-order chi connectivity index (χ0) is 17.2. The van der Waals surface area contributed by atoms with E-state index in [1.165, 1.54) is 16.9 Å². The van der Waals surface area contributed by atoms with Crippen molar-refractivity contribution in [1.82, 2.24) is 24.5 Å². The summed E-state index contributed by atoms with van der Waals surface area (Å²) in [6.07, 6.45) is 6.86. The standard InChI is InChI=1S/C9H7N.C8H6N2.C2H2N2S/c1-2-6-9-8(4-1)5-3-7-10-9;1-2-4-8-7(3-1)9-5-6-10-8;1-2-5-4-3-1/h1-7H;1-6H;1-2H. The summed E-state index contributed by atoms with van der Waals surface area (Å²) < 4.78 is 3.51. The number of benzene rings is 2. The highest BCUT2D eigenvalue weighted by molar-refractivity contribution is 7.03. The zero-order valence-electron chi connectivity index (χ0n) is 13.3. The van der Waals surface area contributed by atoms with Gasteiger partial charge in [-0.2, -0.15) is 0 Å². The van der Waals surface area contributed by atoms with Gasteiger partial charge in [-0.3, -0.25) is 15.0 Å². The first-order valence-corrected chi connectivity index (χ1v) is 8.44. The van der Waals surface area contributed by atoms with Crippen LogP contribution in [0.15, 0.2) is 90.8 Å². The lowest BCUT2D eigenvalue weighted by atomic mass is 10.2. The topological polar surface area (TPSA) is 64.5 Å². The predicted octanol–water partition coefficient (Wildman–Crippen LogP) is 4.40. The van der Waals surface area contributed by atoms with E-state index in [1.54, 1.807) is 18.6 Å². The van der Waals surface area contributed by atoms with E-state index in [2.05, 4.69) is 36.7 Å². The second kappa shape index (κ2) is 9.14. The van der Waals surface area contributed by atoms with Crippen LogP contribution >= 0.6 is 11.5 Å². The minimum Gasteiger partial charge on any atom is -0.256 e. The van der Waals surface area contributed by atoms with Gasteiger partial charge in [-0.1, -0.05) is 40.9 Å². The Hall–Kier alpha value is -3.25. The Kier molecular flexibility index (Phi) is 6.07. The lowest BCUT2D eigenvalue weighted by Gasteiger charge is -1.91. The third-order valence-electron chi connectivity index (χ3n) is 3.17. The van der Waals surface area contributed by atoms with Gasteiger partial charge < -0.3 is 0 Å². The quantitative estimate of drug-likeness (QED) is 0.416. The maximum absolute atomic E-state index is 4.18. The fourth-order valence-electron chi connectivity index (χ4n) is 2.06. The van der Waals surface area contributed by atoms with Crippen molar-refractivity contribution in [2.75, 3.05) is 0 Å². The SMILES string of the molecule is c1ccc2ncccc2c1.c1ccc2nccnc2c1.c1csnn1. The number of para-hydroxylation sites is 3. The summed E-state index contributed by atoms with van der Waals surface area (Å²) in [6.45, 7) is 0. The summed E-state index contributed by atoms with van der Waals surface area (Å²) >= 11 is 1.35. The first-order valence-electron chi connectivity index (χ1n) is 7.60. The summed E-state index contributed by atoms with van der Waals surface area (Å²) in [5.74, 6) is 0. The maximum Gasteiger partial charge on any atom is 0.0886 e.